The first-order valence-corrected chi connectivity index (χ1v) is 12.1. The second-order valence-electron chi connectivity index (χ2n) is 9.57. The van der Waals surface area contributed by atoms with Crippen LogP contribution in [0.1, 0.15) is 43.0 Å². The van der Waals surface area contributed by atoms with Gasteiger partial charge in [-0.2, -0.15) is 5.10 Å². The molecule has 1 unspecified atom stereocenters. The average molecular weight is 434 g/mol. The number of hydrogen-bond donors (Lipinski definition) is 0. The molecule has 1 aromatic carbocycles. The lowest BCUT2D eigenvalue weighted by Gasteiger charge is -2.27. The van der Waals surface area contributed by atoms with Crippen LogP contribution >= 0.6 is 0 Å². The largest absolute Gasteiger partial charge is 0.497 e. The first-order valence-electron chi connectivity index (χ1n) is 12.1. The Labute approximate surface area is 191 Å². The SMILES string of the molecule is CCc1nn2c(-c3c(C)cc(OC)cc3C)cccc2c1N(CC1CC1)CC1CCOC1. The molecule has 2 aromatic heterocycles. The highest BCUT2D eigenvalue weighted by molar-refractivity contribution is 5.80. The standard InChI is InChI=1S/C27H35N3O2/c1-5-23-27(29(15-20-9-10-20)16-21-11-12-32-17-21)25-8-6-7-24(30(25)28-23)26-18(2)13-22(31-4)14-19(26)3/h6-8,13-14,20-21H,5,9-12,15-17H2,1-4H3. The van der Waals surface area contributed by atoms with Gasteiger partial charge in [0, 0.05) is 31.2 Å². The number of methoxy groups -OCH3 is 1. The molecule has 170 valence electrons. The number of nitrogens with zero attached hydrogens (tertiary/aromatic N) is 3. The van der Waals surface area contributed by atoms with Gasteiger partial charge in [0.15, 0.2) is 0 Å². The minimum absolute atomic E-state index is 0.614. The normalized spacial score (nSPS) is 18.4. The van der Waals surface area contributed by atoms with Gasteiger partial charge in [0.05, 0.1) is 36.3 Å². The van der Waals surface area contributed by atoms with Gasteiger partial charge in [-0.05, 0) is 80.8 Å². The number of ether oxygens (including phenoxy) is 2. The van der Waals surface area contributed by atoms with E-state index in [4.69, 9.17) is 14.6 Å². The van der Waals surface area contributed by atoms with Crippen molar-refractivity contribution in [1.82, 2.24) is 9.61 Å². The van der Waals surface area contributed by atoms with Crippen LogP contribution in [0.4, 0.5) is 5.69 Å². The lowest BCUT2D eigenvalue weighted by Crippen LogP contribution is -2.32. The van der Waals surface area contributed by atoms with E-state index in [1.807, 2.05) is 0 Å². The zero-order valence-electron chi connectivity index (χ0n) is 19.9. The molecule has 2 aliphatic rings. The lowest BCUT2D eigenvalue weighted by atomic mass is 9.98. The topological polar surface area (TPSA) is 39.0 Å². The zero-order chi connectivity index (χ0) is 22.2. The Morgan fingerprint density at radius 2 is 1.84 bits per heavy atom. The lowest BCUT2D eigenvalue weighted by molar-refractivity contribution is 0.186. The summed E-state index contributed by atoms with van der Waals surface area (Å²) in [5.41, 5.74) is 8.55. The molecule has 0 bridgehead atoms. The van der Waals surface area contributed by atoms with Gasteiger partial charge in [0.25, 0.3) is 0 Å². The number of rotatable bonds is 8. The highest BCUT2D eigenvalue weighted by Crippen LogP contribution is 2.38. The maximum absolute atomic E-state index is 5.70. The van der Waals surface area contributed by atoms with Crippen LogP contribution in [0, 0.1) is 25.7 Å². The number of pyridine rings is 1. The van der Waals surface area contributed by atoms with Crippen LogP contribution in [0.15, 0.2) is 30.3 Å². The molecule has 3 aromatic rings. The van der Waals surface area contributed by atoms with Gasteiger partial charge in [0.2, 0.25) is 0 Å². The van der Waals surface area contributed by atoms with Crippen LogP contribution in [0.2, 0.25) is 0 Å². The van der Waals surface area contributed by atoms with Crippen molar-refractivity contribution in [2.45, 2.75) is 46.5 Å². The molecule has 0 N–H and O–H groups in total. The van der Waals surface area contributed by atoms with Crippen LogP contribution in [-0.2, 0) is 11.2 Å². The second kappa shape index (κ2) is 8.78. The zero-order valence-corrected chi connectivity index (χ0v) is 19.9. The fourth-order valence-corrected chi connectivity index (χ4v) is 5.23. The summed E-state index contributed by atoms with van der Waals surface area (Å²) in [4.78, 5) is 2.63. The van der Waals surface area contributed by atoms with E-state index in [1.165, 1.54) is 46.4 Å². The van der Waals surface area contributed by atoms with E-state index in [9.17, 15) is 0 Å². The smallest absolute Gasteiger partial charge is 0.119 e. The monoisotopic (exact) mass is 433 g/mol. The van der Waals surface area contributed by atoms with E-state index < -0.39 is 0 Å². The molecule has 1 aliphatic heterocycles. The number of benzene rings is 1. The maximum atomic E-state index is 5.70. The third-order valence-electron chi connectivity index (χ3n) is 7.03. The first-order chi connectivity index (χ1) is 15.6. The van der Waals surface area contributed by atoms with Crippen molar-refractivity contribution in [2.75, 3.05) is 38.3 Å². The number of aryl methyl sites for hydroxylation is 3. The Kier molecular flexibility index (Phi) is 5.85. The molecule has 5 rings (SSSR count). The minimum Gasteiger partial charge on any atom is -0.497 e. The quantitative estimate of drug-likeness (QED) is 0.474. The number of hydrogen-bond acceptors (Lipinski definition) is 4. The number of aromatic nitrogens is 2. The summed E-state index contributed by atoms with van der Waals surface area (Å²) in [5.74, 6) is 2.34. The van der Waals surface area contributed by atoms with Crippen molar-refractivity contribution in [3.8, 4) is 17.0 Å². The van der Waals surface area contributed by atoms with Crippen LogP contribution in [-0.4, -0.2) is 43.0 Å². The highest BCUT2D eigenvalue weighted by atomic mass is 16.5. The molecule has 0 amide bonds. The van der Waals surface area contributed by atoms with E-state index >= 15 is 0 Å². The van der Waals surface area contributed by atoms with Crippen molar-refractivity contribution in [3.05, 3.63) is 47.2 Å². The van der Waals surface area contributed by atoms with E-state index in [-0.39, 0.29) is 0 Å². The summed E-state index contributed by atoms with van der Waals surface area (Å²) in [6.07, 6.45) is 4.80. The van der Waals surface area contributed by atoms with E-state index in [0.29, 0.717) is 5.92 Å². The third kappa shape index (κ3) is 3.99. The molecule has 1 saturated carbocycles. The van der Waals surface area contributed by atoms with Gasteiger partial charge in [-0.1, -0.05) is 13.0 Å². The van der Waals surface area contributed by atoms with Crippen molar-refractivity contribution < 1.29 is 9.47 Å². The molecule has 0 radical (unpaired) electrons. The molecule has 1 aliphatic carbocycles. The molecule has 1 atom stereocenters. The molecular weight excluding hydrogens is 398 g/mol. The second-order valence-corrected chi connectivity index (χ2v) is 9.57. The minimum atomic E-state index is 0.614. The maximum Gasteiger partial charge on any atom is 0.119 e. The molecule has 5 nitrogen and oxygen atoms in total. The van der Waals surface area contributed by atoms with E-state index in [0.717, 1.165) is 56.5 Å². The Hall–Kier alpha value is -2.53. The van der Waals surface area contributed by atoms with Crippen LogP contribution in [0.5, 0.6) is 5.75 Å². The predicted octanol–water partition coefficient (Wildman–Crippen LogP) is 5.44. The summed E-state index contributed by atoms with van der Waals surface area (Å²) in [5, 5.41) is 5.17. The van der Waals surface area contributed by atoms with E-state index in [2.05, 4.69) is 60.5 Å². The summed E-state index contributed by atoms with van der Waals surface area (Å²) in [6.45, 7) is 10.5. The van der Waals surface area contributed by atoms with Crippen LogP contribution in [0.3, 0.4) is 0 Å². The summed E-state index contributed by atoms with van der Waals surface area (Å²) < 4.78 is 13.4. The van der Waals surface area contributed by atoms with Crippen LogP contribution in [0.25, 0.3) is 16.8 Å². The number of anilines is 1. The van der Waals surface area contributed by atoms with Crippen LogP contribution < -0.4 is 9.64 Å². The average Bonchev–Trinajstić information content (AvgIpc) is 3.30. The fourth-order valence-electron chi connectivity index (χ4n) is 5.23. The first kappa shape index (κ1) is 21.3. The summed E-state index contributed by atoms with van der Waals surface area (Å²) >= 11 is 0. The Morgan fingerprint density at radius 1 is 1.09 bits per heavy atom. The van der Waals surface area contributed by atoms with E-state index in [1.54, 1.807) is 7.11 Å². The Morgan fingerprint density at radius 3 is 2.47 bits per heavy atom. The van der Waals surface area contributed by atoms with Crippen molar-refractivity contribution in [2.24, 2.45) is 11.8 Å². The Balaban J connectivity index is 1.63. The molecular formula is C27H35N3O2. The molecule has 0 spiro atoms. The van der Waals surface area contributed by atoms with Gasteiger partial charge in [0.1, 0.15) is 5.75 Å². The summed E-state index contributed by atoms with van der Waals surface area (Å²) in [6, 6.07) is 10.9. The molecule has 2 fully saturated rings. The van der Waals surface area contributed by atoms with Gasteiger partial charge < -0.3 is 14.4 Å². The van der Waals surface area contributed by atoms with Gasteiger partial charge in [-0.25, -0.2) is 4.52 Å². The molecule has 3 heterocycles. The van der Waals surface area contributed by atoms with Crippen molar-refractivity contribution in [3.63, 3.8) is 0 Å². The molecule has 5 heteroatoms. The Bertz CT molecular complexity index is 1090. The number of fused-ring (bicyclic) bond motifs is 1. The van der Waals surface area contributed by atoms with Crippen molar-refractivity contribution in [1.29, 1.82) is 0 Å². The van der Waals surface area contributed by atoms with Gasteiger partial charge in [-0.3, -0.25) is 0 Å². The van der Waals surface area contributed by atoms with Gasteiger partial charge >= 0.3 is 0 Å². The predicted molar refractivity (Wildman–Crippen MR) is 130 cm³/mol. The fraction of sp³-hybridized carbons (Fsp3) is 0.519. The molecule has 1 saturated heterocycles. The third-order valence-corrected chi connectivity index (χ3v) is 7.03. The highest BCUT2D eigenvalue weighted by Gasteiger charge is 2.30. The van der Waals surface area contributed by atoms with Crippen molar-refractivity contribution >= 4 is 11.2 Å². The summed E-state index contributed by atoms with van der Waals surface area (Å²) in [7, 11) is 1.73. The molecule has 32 heavy (non-hydrogen) atoms. The van der Waals surface area contributed by atoms with Gasteiger partial charge in [-0.15, -0.1) is 0 Å².